The van der Waals surface area contributed by atoms with Crippen molar-refractivity contribution in [3.8, 4) is 0 Å². The Morgan fingerprint density at radius 3 is 2.20 bits per heavy atom. The summed E-state index contributed by atoms with van der Waals surface area (Å²) in [5.74, 6) is -1.86. The number of likely N-dealkylation sites (tertiary alicyclic amines) is 1. The Morgan fingerprint density at radius 2 is 1.54 bits per heavy atom. The summed E-state index contributed by atoms with van der Waals surface area (Å²) in [5.41, 5.74) is 2.49. The second-order valence-electron chi connectivity index (χ2n) is 10.5. The molecule has 2 aliphatic heterocycles. The number of Topliss-reactive ketones (excluding diaryl/α,β-unsaturated/α-hetero) is 1. The van der Waals surface area contributed by atoms with Gasteiger partial charge in [0.05, 0.1) is 12.1 Å². The molecule has 2 saturated heterocycles. The first-order chi connectivity index (χ1) is 20.0. The van der Waals surface area contributed by atoms with E-state index in [4.69, 9.17) is 9.47 Å². The SMILES string of the molecule is O=C(OCc1ccccc1)C(C(=O)C1CC1)N1C(=O)C(N2C(=O)OC[C@@H]2c2ccccc2)C1C=Cc1ccccc1. The molecular formula is C33H30N2O6. The van der Waals surface area contributed by atoms with Crippen molar-refractivity contribution < 1.29 is 28.7 Å². The van der Waals surface area contributed by atoms with Crippen LogP contribution in [0.5, 0.6) is 0 Å². The molecule has 208 valence electrons. The van der Waals surface area contributed by atoms with Crippen molar-refractivity contribution >= 4 is 29.8 Å². The first kappa shape index (κ1) is 26.5. The van der Waals surface area contributed by atoms with Gasteiger partial charge < -0.3 is 14.4 Å². The van der Waals surface area contributed by atoms with Gasteiger partial charge in [-0.3, -0.25) is 14.5 Å². The maximum absolute atomic E-state index is 13.9. The topological polar surface area (TPSA) is 93.2 Å². The fourth-order valence-electron chi connectivity index (χ4n) is 5.51. The van der Waals surface area contributed by atoms with E-state index in [9.17, 15) is 19.2 Å². The number of nitrogens with zero attached hydrogens (tertiary/aromatic N) is 2. The van der Waals surface area contributed by atoms with Gasteiger partial charge >= 0.3 is 12.1 Å². The predicted molar refractivity (Wildman–Crippen MR) is 150 cm³/mol. The van der Waals surface area contributed by atoms with E-state index in [1.165, 1.54) is 9.80 Å². The fourth-order valence-corrected chi connectivity index (χ4v) is 5.51. The number of ether oxygens (including phenoxy) is 2. The number of cyclic esters (lactones) is 1. The summed E-state index contributed by atoms with van der Waals surface area (Å²) in [7, 11) is 0. The predicted octanol–water partition coefficient (Wildman–Crippen LogP) is 4.56. The van der Waals surface area contributed by atoms with Gasteiger partial charge in [0.2, 0.25) is 5.91 Å². The van der Waals surface area contributed by atoms with Crippen molar-refractivity contribution in [2.75, 3.05) is 6.61 Å². The molecular weight excluding hydrogens is 520 g/mol. The Morgan fingerprint density at radius 1 is 0.902 bits per heavy atom. The minimum absolute atomic E-state index is 0.0152. The average Bonchev–Trinajstić information content (AvgIpc) is 3.80. The van der Waals surface area contributed by atoms with Crippen LogP contribution < -0.4 is 0 Å². The second-order valence-corrected chi connectivity index (χ2v) is 10.5. The van der Waals surface area contributed by atoms with Crippen LogP contribution in [0.3, 0.4) is 0 Å². The molecule has 8 heteroatoms. The van der Waals surface area contributed by atoms with E-state index in [1.807, 2.05) is 97.1 Å². The molecule has 4 atom stereocenters. The highest BCUT2D eigenvalue weighted by Gasteiger charge is 2.60. The Hall–Kier alpha value is -4.72. The number of amides is 2. The fraction of sp³-hybridized carbons (Fsp3) is 0.273. The standard InChI is InChI=1S/C33H30N2O6/c36-30(25-17-18-25)29(32(38)40-20-23-12-6-2-7-13-23)34-26(19-16-22-10-4-1-5-11-22)28(31(34)37)35-27(21-41-33(35)39)24-14-8-3-9-15-24/h1-16,19,25-29H,17-18,20-21H2/t26?,27-,28?,29?/m1/s1. The molecule has 2 heterocycles. The van der Waals surface area contributed by atoms with Crippen molar-refractivity contribution in [1.29, 1.82) is 0 Å². The molecule has 3 aliphatic rings. The monoisotopic (exact) mass is 550 g/mol. The lowest BCUT2D eigenvalue weighted by Gasteiger charge is -2.51. The van der Waals surface area contributed by atoms with Crippen molar-refractivity contribution in [2.45, 2.75) is 43.6 Å². The largest absolute Gasteiger partial charge is 0.459 e. The molecule has 1 saturated carbocycles. The molecule has 2 amide bonds. The number of ketones is 1. The third kappa shape index (κ3) is 5.37. The van der Waals surface area contributed by atoms with Crippen molar-refractivity contribution in [1.82, 2.24) is 9.80 Å². The van der Waals surface area contributed by atoms with Crippen LogP contribution >= 0.6 is 0 Å². The first-order valence-electron chi connectivity index (χ1n) is 13.8. The Bertz CT molecular complexity index is 1450. The molecule has 0 bridgehead atoms. The highest BCUT2D eigenvalue weighted by atomic mass is 16.6. The number of benzene rings is 3. The lowest BCUT2D eigenvalue weighted by atomic mass is 9.87. The van der Waals surface area contributed by atoms with Crippen molar-refractivity contribution in [2.24, 2.45) is 5.92 Å². The highest BCUT2D eigenvalue weighted by Crippen LogP contribution is 2.40. The van der Waals surface area contributed by atoms with Crippen LogP contribution in [0.1, 0.15) is 35.6 Å². The van der Waals surface area contributed by atoms with E-state index < -0.39 is 42.1 Å². The van der Waals surface area contributed by atoms with E-state index in [1.54, 1.807) is 6.08 Å². The zero-order chi connectivity index (χ0) is 28.3. The van der Waals surface area contributed by atoms with Crippen LogP contribution in [0.4, 0.5) is 4.79 Å². The van der Waals surface area contributed by atoms with Gasteiger partial charge in [0.25, 0.3) is 0 Å². The molecule has 6 rings (SSSR count). The summed E-state index contributed by atoms with van der Waals surface area (Å²) in [5, 5.41) is 0. The van der Waals surface area contributed by atoms with Gasteiger partial charge in [-0.05, 0) is 29.5 Å². The molecule has 0 spiro atoms. The van der Waals surface area contributed by atoms with E-state index in [2.05, 4.69) is 0 Å². The number of esters is 1. The smallest absolute Gasteiger partial charge is 0.411 e. The van der Waals surface area contributed by atoms with Crippen LogP contribution in [0, 0.1) is 5.92 Å². The summed E-state index contributed by atoms with van der Waals surface area (Å²) >= 11 is 0. The van der Waals surface area contributed by atoms with E-state index in [-0.39, 0.29) is 24.9 Å². The average molecular weight is 551 g/mol. The molecule has 0 radical (unpaired) electrons. The number of carbonyl (C=O) groups is 4. The van der Waals surface area contributed by atoms with E-state index in [0.717, 1.165) is 16.7 Å². The lowest BCUT2D eigenvalue weighted by molar-refractivity contribution is -0.174. The normalized spacial score (nSPS) is 22.8. The van der Waals surface area contributed by atoms with Gasteiger partial charge in [-0.2, -0.15) is 0 Å². The van der Waals surface area contributed by atoms with Crippen LogP contribution in [-0.2, 0) is 30.5 Å². The number of hydrogen-bond acceptors (Lipinski definition) is 6. The lowest BCUT2D eigenvalue weighted by Crippen LogP contribution is -2.75. The number of hydrogen-bond donors (Lipinski definition) is 0. The molecule has 8 nitrogen and oxygen atoms in total. The molecule has 3 unspecified atom stereocenters. The molecule has 3 fully saturated rings. The van der Waals surface area contributed by atoms with Gasteiger partial charge in [0.1, 0.15) is 19.3 Å². The zero-order valence-electron chi connectivity index (χ0n) is 22.4. The van der Waals surface area contributed by atoms with Gasteiger partial charge in [0.15, 0.2) is 11.8 Å². The van der Waals surface area contributed by atoms with Crippen LogP contribution in [0.2, 0.25) is 0 Å². The van der Waals surface area contributed by atoms with Gasteiger partial charge in [-0.25, -0.2) is 9.59 Å². The van der Waals surface area contributed by atoms with Gasteiger partial charge in [0, 0.05) is 5.92 Å². The quantitative estimate of drug-likeness (QED) is 0.209. The summed E-state index contributed by atoms with van der Waals surface area (Å²) in [6, 6.07) is 24.5. The molecule has 0 aromatic heterocycles. The van der Waals surface area contributed by atoms with Crippen LogP contribution in [0.15, 0.2) is 97.1 Å². The summed E-state index contributed by atoms with van der Waals surface area (Å²) in [6.07, 6.45) is 4.36. The minimum Gasteiger partial charge on any atom is -0.459 e. The molecule has 0 N–H and O–H groups in total. The summed E-state index contributed by atoms with van der Waals surface area (Å²) in [6.45, 7) is 0.0872. The van der Waals surface area contributed by atoms with E-state index in [0.29, 0.717) is 12.8 Å². The Kier molecular flexibility index (Phi) is 7.37. The molecule has 3 aromatic rings. The maximum atomic E-state index is 13.9. The molecule has 41 heavy (non-hydrogen) atoms. The number of β-lactam (4-membered cyclic amide) rings is 1. The van der Waals surface area contributed by atoms with Gasteiger partial charge in [-0.15, -0.1) is 0 Å². The Balaban J connectivity index is 1.33. The Labute approximate surface area is 238 Å². The summed E-state index contributed by atoms with van der Waals surface area (Å²) in [4.78, 5) is 56.7. The van der Waals surface area contributed by atoms with E-state index >= 15 is 0 Å². The van der Waals surface area contributed by atoms with Gasteiger partial charge in [-0.1, -0.05) is 103 Å². The number of carbonyl (C=O) groups excluding carboxylic acids is 4. The maximum Gasteiger partial charge on any atom is 0.411 e. The number of rotatable bonds is 10. The van der Waals surface area contributed by atoms with Crippen LogP contribution in [-0.4, -0.2) is 58.3 Å². The molecule has 1 aliphatic carbocycles. The zero-order valence-corrected chi connectivity index (χ0v) is 22.4. The van der Waals surface area contributed by atoms with Crippen molar-refractivity contribution in [3.05, 3.63) is 114 Å². The summed E-state index contributed by atoms with van der Waals surface area (Å²) < 4.78 is 11.0. The highest BCUT2D eigenvalue weighted by molar-refractivity contribution is 6.10. The second kappa shape index (κ2) is 11.4. The third-order valence-corrected chi connectivity index (χ3v) is 7.81. The van der Waals surface area contributed by atoms with Crippen LogP contribution in [0.25, 0.3) is 6.08 Å². The first-order valence-corrected chi connectivity index (χ1v) is 13.8. The van der Waals surface area contributed by atoms with Crippen molar-refractivity contribution in [3.63, 3.8) is 0 Å². The minimum atomic E-state index is -1.39. The molecule has 3 aromatic carbocycles. The third-order valence-electron chi connectivity index (χ3n) is 7.81.